The number of para-hydroxylation sites is 1. The molecule has 2 aliphatic rings. The number of nitrogens with zero attached hydrogens (tertiary/aromatic N) is 1. The second-order valence-electron chi connectivity index (χ2n) is 10.3. The standard InChI is InChI=1S/C29H33NO4/c1-18(2)34-24-14-10-9-13-21(24)26-25(28(32)33-17-20-11-7-6-8-12-20)19(3)30-22-15-29(4,5)16-23(31)27(22)26/h6-14,18,25-26H,15-17H2,1-5H3/t25?,26-/m0/s1. The molecular formula is C29H33NO4. The van der Waals surface area contributed by atoms with Gasteiger partial charge in [-0.1, -0.05) is 62.4 Å². The van der Waals surface area contributed by atoms with Crippen LogP contribution in [0.3, 0.4) is 0 Å². The number of aliphatic imine (C=N–C) groups is 1. The smallest absolute Gasteiger partial charge is 0.315 e. The van der Waals surface area contributed by atoms with Crippen molar-refractivity contribution in [2.75, 3.05) is 0 Å². The number of ether oxygens (including phenoxy) is 2. The van der Waals surface area contributed by atoms with Crippen LogP contribution in [-0.2, 0) is 20.9 Å². The van der Waals surface area contributed by atoms with Crippen molar-refractivity contribution in [3.63, 3.8) is 0 Å². The van der Waals surface area contributed by atoms with Crippen molar-refractivity contribution < 1.29 is 19.1 Å². The number of esters is 1. The van der Waals surface area contributed by atoms with Gasteiger partial charge in [0, 0.05) is 34.9 Å². The van der Waals surface area contributed by atoms with Gasteiger partial charge in [-0.15, -0.1) is 0 Å². The number of ketones is 1. The minimum absolute atomic E-state index is 0.0440. The van der Waals surface area contributed by atoms with E-state index < -0.39 is 11.8 Å². The van der Waals surface area contributed by atoms with Gasteiger partial charge in [0.05, 0.1) is 6.10 Å². The Balaban J connectivity index is 1.78. The normalized spacial score (nSPS) is 21.7. The van der Waals surface area contributed by atoms with Crippen LogP contribution < -0.4 is 4.74 Å². The van der Waals surface area contributed by atoms with Crippen LogP contribution in [0.2, 0.25) is 0 Å². The van der Waals surface area contributed by atoms with Crippen LogP contribution in [-0.4, -0.2) is 23.6 Å². The summed E-state index contributed by atoms with van der Waals surface area (Å²) in [5.74, 6) is -0.826. The van der Waals surface area contributed by atoms with Crippen LogP contribution in [0, 0.1) is 11.3 Å². The van der Waals surface area contributed by atoms with E-state index in [1.54, 1.807) is 0 Å². The Labute approximate surface area is 201 Å². The van der Waals surface area contributed by atoms with E-state index in [-0.39, 0.29) is 29.9 Å². The lowest BCUT2D eigenvalue weighted by Gasteiger charge is -2.39. The maximum atomic E-state index is 13.5. The molecule has 1 heterocycles. The summed E-state index contributed by atoms with van der Waals surface area (Å²) in [4.78, 5) is 31.8. The van der Waals surface area contributed by atoms with Gasteiger partial charge in [-0.25, -0.2) is 0 Å². The molecule has 2 aromatic carbocycles. The highest BCUT2D eigenvalue weighted by molar-refractivity contribution is 6.09. The van der Waals surface area contributed by atoms with Crippen LogP contribution >= 0.6 is 0 Å². The molecule has 2 aromatic rings. The fourth-order valence-corrected chi connectivity index (χ4v) is 5.00. The largest absolute Gasteiger partial charge is 0.491 e. The van der Waals surface area contributed by atoms with Crippen molar-refractivity contribution in [2.45, 2.75) is 66.1 Å². The predicted molar refractivity (Wildman–Crippen MR) is 133 cm³/mol. The molecule has 5 heteroatoms. The molecular weight excluding hydrogens is 426 g/mol. The Morgan fingerprint density at radius 3 is 2.44 bits per heavy atom. The van der Waals surface area contributed by atoms with Crippen molar-refractivity contribution in [2.24, 2.45) is 16.3 Å². The van der Waals surface area contributed by atoms with Gasteiger partial charge in [-0.3, -0.25) is 14.6 Å². The number of carbonyl (C=O) groups excluding carboxylic acids is 2. The highest BCUT2D eigenvalue weighted by Gasteiger charge is 2.46. The Hall–Kier alpha value is -3.21. The van der Waals surface area contributed by atoms with E-state index in [1.807, 2.05) is 75.4 Å². The first-order chi connectivity index (χ1) is 16.2. The molecule has 0 aromatic heterocycles. The lowest BCUT2D eigenvalue weighted by molar-refractivity contribution is -0.148. The van der Waals surface area contributed by atoms with Gasteiger partial charge in [-0.2, -0.15) is 0 Å². The fraction of sp³-hybridized carbons (Fsp3) is 0.414. The summed E-state index contributed by atoms with van der Waals surface area (Å²) < 4.78 is 11.9. The summed E-state index contributed by atoms with van der Waals surface area (Å²) in [5, 5.41) is 0. The number of carbonyl (C=O) groups is 2. The highest BCUT2D eigenvalue weighted by atomic mass is 16.5. The second kappa shape index (κ2) is 9.57. The Kier molecular flexibility index (Phi) is 6.74. The Bertz CT molecular complexity index is 1140. The highest BCUT2D eigenvalue weighted by Crippen LogP contribution is 2.49. The molecule has 4 rings (SSSR count). The minimum Gasteiger partial charge on any atom is -0.491 e. The van der Waals surface area contributed by atoms with E-state index >= 15 is 0 Å². The molecule has 0 amide bonds. The monoisotopic (exact) mass is 459 g/mol. The first-order valence-electron chi connectivity index (χ1n) is 11.9. The van der Waals surface area contributed by atoms with Crippen molar-refractivity contribution >= 4 is 17.5 Å². The number of hydrogen-bond acceptors (Lipinski definition) is 5. The number of rotatable bonds is 6. The molecule has 1 unspecified atom stereocenters. The van der Waals surface area contributed by atoms with Gasteiger partial charge in [0.1, 0.15) is 18.3 Å². The average molecular weight is 460 g/mol. The lowest BCUT2D eigenvalue weighted by Crippen LogP contribution is -2.39. The summed E-state index contributed by atoms with van der Waals surface area (Å²) in [6, 6.07) is 17.3. The Morgan fingerprint density at radius 2 is 1.74 bits per heavy atom. The van der Waals surface area contributed by atoms with Crippen molar-refractivity contribution in [3.05, 3.63) is 77.0 Å². The van der Waals surface area contributed by atoms with Crippen LogP contribution in [0.25, 0.3) is 0 Å². The van der Waals surface area contributed by atoms with E-state index in [9.17, 15) is 9.59 Å². The number of hydrogen-bond donors (Lipinski definition) is 0. The molecule has 178 valence electrons. The third-order valence-corrected chi connectivity index (χ3v) is 6.40. The molecule has 0 saturated carbocycles. The first-order valence-corrected chi connectivity index (χ1v) is 11.9. The maximum absolute atomic E-state index is 13.5. The lowest BCUT2D eigenvalue weighted by atomic mass is 9.66. The summed E-state index contributed by atoms with van der Waals surface area (Å²) in [7, 11) is 0. The van der Waals surface area contributed by atoms with Gasteiger partial charge >= 0.3 is 5.97 Å². The van der Waals surface area contributed by atoms with Crippen molar-refractivity contribution in [1.82, 2.24) is 0 Å². The van der Waals surface area contributed by atoms with E-state index in [0.717, 1.165) is 16.8 Å². The second-order valence-corrected chi connectivity index (χ2v) is 10.3. The van der Waals surface area contributed by atoms with E-state index in [1.165, 1.54) is 0 Å². The minimum atomic E-state index is -0.690. The van der Waals surface area contributed by atoms with E-state index in [4.69, 9.17) is 14.5 Å². The zero-order chi connectivity index (χ0) is 24.5. The van der Waals surface area contributed by atoms with Crippen LogP contribution in [0.1, 0.15) is 64.5 Å². The zero-order valence-electron chi connectivity index (χ0n) is 20.6. The average Bonchev–Trinajstić information content (AvgIpc) is 2.76. The zero-order valence-corrected chi connectivity index (χ0v) is 20.6. The maximum Gasteiger partial charge on any atom is 0.315 e. The molecule has 2 atom stereocenters. The molecule has 0 spiro atoms. The van der Waals surface area contributed by atoms with E-state index in [0.29, 0.717) is 29.9 Å². The van der Waals surface area contributed by atoms with Crippen LogP contribution in [0.5, 0.6) is 5.75 Å². The molecule has 0 saturated heterocycles. The third kappa shape index (κ3) is 4.98. The molecule has 34 heavy (non-hydrogen) atoms. The number of benzene rings is 2. The van der Waals surface area contributed by atoms with E-state index in [2.05, 4.69) is 13.8 Å². The van der Waals surface area contributed by atoms with Gasteiger partial charge in [-0.05, 0) is 44.2 Å². The summed E-state index contributed by atoms with van der Waals surface area (Å²) >= 11 is 0. The van der Waals surface area contributed by atoms with Gasteiger partial charge in [0.15, 0.2) is 5.78 Å². The van der Waals surface area contributed by atoms with Gasteiger partial charge in [0.2, 0.25) is 0 Å². The van der Waals surface area contributed by atoms with Gasteiger partial charge < -0.3 is 9.47 Å². The predicted octanol–water partition coefficient (Wildman–Crippen LogP) is 6.03. The van der Waals surface area contributed by atoms with Gasteiger partial charge in [0.25, 0.3) is 0 Å². The first kappa shape index (κ1) is 23.9. The van der Waals surface area contributed by atoms with Crippen LogP contribution in [0.15, 0.2) is 70.9 Å². The molecule has 0 N–H and O–H groups in total. The quantitative estimate of drug-likeness (QED) is 0.495. The number of allylic oxidation sites excluding steroid dienone is 2. The SMILES string of the molecule is CC1=NC2=C(C(=O)CC(C)(C)C2)[C@@H](c2ccccc2OC(C)C)C1C(=O)OCc1ccccc1. The fourth-order valence-electron chi connectivity index (χ4n) is 5.00. The third-order valence-electron chi connectivity index (χ3n) is 6.40. The molecule has 1 aliphatic carbocycles. The molecule has 1 aliphatic heterocycles. The molecule has 0 radical (unpaired) electrons. The molecule has 0 bridgehead atoms. The molecule has 0 fully saturated rings. The summed E-state index contributed by atoms with van der Waals surface area (Å²) in [6.07, 6.45) is 1.08. The number of Topliss-reactive ketones (excluding diaryl/α,β-unsaturated/α-hetero) is 1. The van der Waals surface area contributed by atoms with Crippen molar-refractivity contribution in [3.8, 4) is 5.75 Å². The summed E-state index contributed by atoms with van der Waals surface area (Å²) in [5.41, 5.74) is 3.66. The van der Waals surface area contributed by atoms with Crippen LogP contribution in [0.4, 0.5) is 0 Å². The molecule has 5 nitrogen and oxygen atoms in total. The summed E-state index contributed by atoms with van der Waals surface area (Å²) in [6.45, 7) is 10.1. The topological polar surface area (TPSA) is 65.0 Å². The Morgan fingerprint density at radius 1 is 1.06 bits per heavy atom. The van der Waals surface area contributed by atoms with Crippen molar-refractivity contribution in [1.29, 1.82) is 0 Å².